The van der Waals surface area contributed by atoms with Gasteiger partial charge in [-0.3, -0.25) is 4.79 Å². The zero-order chi connectivity index (χ0) is 10.9. The minimum atomic E-state index is 0.154. The van der Waals surface area contributed by atoms with Gasteiger partial charge in [-0.25, -0.2) is 0 Å². The highest BCUT2D eigenvalue weighted by Gasteiger charge is 2.16. The Kier molecular flexibility index (Phi) is 6.36. The van der Waals surface area contributed by atoms with Crippen molar-refractivity contribution in [2.45, 2.75) is 38.2 Å². The van der Waals surface area contributed by atoms with E-state index in [-0.39, 0.29) is 5.91 Å². The van der Waals surface area contributed by atoms with Crippen molar-refractivity contribution >= 4 is 5.91 Å². The van der Waals surface area contributed by atoms with Crippen molar-refractivity contribution in [3.8, 4) is 0 Å². The van der Waals surface area contributed by atoms with Crippen LogP contribution in [0.15, 0.2) is 0 Å². The molecule has 2 N–H and O–H groups in total. The molecule has 0 aromatic heterocycles. The van der Waals surface area contributed by atoms with Crippen LogP contribution in [0.25, 0.3) is 0 Å². The first-order valence-corrected chi connectivity index (χ1v) is 5.86. The number of carbonyl (C=O) groups excluding carboxylic acids is 1. The molecule has 15 heavy (non-hydrogen) atoms. The predicted molar refractivity (Wildman–Crippen MR) is 59.8 cm³/mol. The molecule has 0 bridgehead atoms. The van der Waals surface area contributed by atoms with Crippen molar-refractivity contribution in [1.82, 2.24) is 10.6 Å². The van der Waals surface area contributed by atoms with E-state index in [4.69, 9.17) is 4.74 Å². The fraction of sp³-hybridized carbons (Fsp3) is 0.909. The van der Waals surface area contributed by atoms with Crippen LogP contribution in [-0.2, 0) is 9.53 Å². The normalized spacial score (nSPS) is 20.5. The Labute approximate surface area is 91.8 Å². The number of nitrogens with one attached hydrogen (secondary N) is 2. The Morgan fingerprint density at radius 2 is 2.33 bits per heavy atom. The summed E-state index contributed by atoms with van der Waals surface area (Å²) in [5.41, 5.74) is 0. The van der Waals surface area contributed by atoms with E-state index >= 15 is 0 Å². The summed E-state index contributed by atoms with van der Waals surface area (Å²) < 4.78 is 5.46. The lowest BCUT2D eigenvalue weighted by molar-refractivity contribution is -0.121. The second-order valence-electron chi connectivity index (χ2n) is 3.98. The molecule has 0 saturated carbocycles. The van der Waals surface area contributed by atoms with Gasteiger partial charge in [0.05, 0.1) is 6.10 Å². The van der Waals surface area contributed by atoms with Crippen molar-refractivity contribution in [1.29, 1.82) is 0 Å². The summed E-state index contributed by atoms with van der Waals surface area (Å²) in [5, 5.41) is 5.95. The summed E-state index contributed by atoms with van der Waals surface area (Å²) in [4.78, 5) is 11.4. The summed E-state index contributed by atoms with van der Waals surface area (Å²) in [6, 6.07) is 0. The molecule has 0 radical (unpaired) electrons. The van der Waals surface area contributed by atoms with E-state index in [1.165, 1.54) is 0 Å². The molecular weight excluding hydrogens is 192 g/mol. The molecule has 1 atom stereocenters. The van der Waals surface area contributed by atoms with Crippen molar-refractivity contribution in [3.63, 3.8) is 0 Å². The van der Waals surface area contributed by atoms with Gasteiger partial charge in [-0.15, -0.1) is 0 Å². The molecule has 1 aliphatic heterocycles. The zero-order valence-electron chi connectivity index (χ0n) is 9.55. The summed E-state index contributed by atoms with van der Waals surface area (Å²) in [7, 11) is 1.92. The number of ether oxygens (including phenoxy) is 1. The van der Waals surface area contributed by atoms with E-state index in [1.54, 1.807) is 0 Å². The van der Waals surface area contributed by atoms with Crippen LogP contribution in [0.3, 0.4) is 0 Å². The Balaban J connectivity index is 1.93. The summed E-state index contributed by atoms with van der Waals surface area (Å²) in [6.07, 6.45) is 5.05. The molecule has 1 aliphatic rings. The van der Waals surface area contributed by atoms with E-state index in [1.807, 2.05) is 7.05 Å². The molecule has 1 unspecified atom stereocenters. The first kappa shape index (κ1) is 12.5. The number of carbonyl (C=O) groups is 1. The van der Waals surface area contributed by atoms with Gasteiger partial charge in [0, 0.05) is 19.6 Å². The van der Waals surface area contributed by atoms with Gasteiger partial charge in [-0.1, -0.05) is 0 Å². The topological polar surface area (TPSA) is 50.4 Å². The van der Waals surface area contributed by atoms with Gasteiger partial charge in [-0.2, -0.15) is 0 Å². The number of hydrogen-bond acceptors (Lipinski definition) is 3. The quantitative estimate of drug-likeness (QED) is 0.612. The number of rotatable bonds is 7. The van der Waals surface area contributed by atoms with Crippen LogP contribution in [0.1, 0.15) is 32.1 Å². The highest BCUT2D eigenvalue weighted by molar-refractivity contribution is 5.75. The molecule has 0 aromatic rings. The lowest BCUT2D eigenvalue weighted by Crippen LogP contribution is -2.27. The highest BCUT2D eigenvalue weighted by Crippen LogP contribution is 2.16. The van der Waals surface area contributed by atoms with Crippen LogP contribution in [-0.4, -0.2) is 38.8 Å². The van der Waals surface area contributed by atoms with Crippen LogP contribution < -0.4 is 10.6 Å². The van der Waals surface area contributed by atoms with Crippen molar-refractivity contribution < 1.29 is 9.53 Å². The Morgan fingerprint density at radius 3 is 3.00 bits per heavy atom. The standard InChI is InChI=1S/C11H22N2O2/c1-12-7-3-8-13-11(14)6-5-10-4-2-9-15-10/h10,12H,2-9H2,1H3,(H,13,14). The molecule has 0 aromatic carbocycles. The van der Waals surface area contributed by atoms with E-state index < -0.39 is 0 Å². The Morgan fingerprint density at radius 1 is 1.47 bits per heavy atom. The SMILES string of the molecule is CNCCCNC(=O)CCC1CCCO1. The molecular formula is C11H22N2O2. The summed E-state index contributed by atoms with van der Waals surface area (Å²) in [5.74, 6) is 0.154. The molecule has 1 rings (SSSR count). The van der Waals surface area contributed by atoms with E-state index in [0.29, 0.717) is 12.5 Å². The summed E-state index contributed by atoms with van der Waals surface area (Å²) in [6.45, 7) is 2.59. The van der Waals surface area contributed by atoms with Gasteiger partial charge < -0.3 is 15.4 Å². The molecule has 1 fully saturated rings. The number of amides is 1. The van der Waals surface area contributed by atoms with Crippen LogP contribution in [0.2, 0.25) is 0 Å². The van der Waals surface area contributed by atoms with Gasteiger partial charge in [0.2, 0.25) is 5.91 Å². The molecule has 0 spiro atoms. The average Bonchev–Trinajstić information content (AvgIpc) is 2.74. The maximum atomic E-state index is 11.4. The van der Waals surface area contributed by atoms with Gasteiger partial charge in [-0.05, 0) is 39.3 Å². The van der Waals surface area contributed by atoms with Crippen molar-refractivity contribution in [2.75, 3.05) is 26.7 Å². The minimum absolute atomic E-state index is 0.154. The first-order valence-electron chi connectivity index (χ1n) is 5.86. The fourth-order valence-electron chi connectivity index (χ4n) is 1.75. The lowest BCUT2D eigenvalue weighted by atomic mass is 10.1. The van der Waals surface area contributed by atoms with Crippen LogP contribution >= 0.6 is 0 Å². The molecule has 1 amide bonds. The third kappa shape index (κ3) is 5.74. The molecule has 1 saturated heterocycles. The first-order chi connectivity index (χ1) is 7.33. The van der Waals surface area contributed by atoms with E-state index in [2.05, 4.69) is 10.6 Å². The molecule has 4 nitrogen and oxygen atoms in total. The van der Waals surface area contributed by atoms with Crippen LogP contribution in [0, 0.1) is 0 Å². The van der Waals surface area contributed by atoms with Crippen molar-refractivity contribution in [3.05, 3.63) is 0 Å². The van der Waals surface area contributed by atoms with Crippen LogP contribution in [0.4, 0.5) is 0 Å². The smallest absolute Gasteiger partial charge is 0.220 e. The van der Waals surface area contributed by atoms with Gasteiger partial charge in [0.15, 0.2) is 0 Å². The Bertz CT molecular complexity index is 179. The van der Waals surface area contributed by atoms with Gasteiger partial charge in [0.25, 0.3) is 0 Å². The van der Waals surface area contributed by atoms with Gasteiger partial charge in [0.1, 0.15) is 0 Å². The third-order valence-electron chi connectivity index (χ3n) is 2.64. The monoisotopic (exact) mass is 214 g/mol. The van der Waals surface area contributed by atoms with Crippen LogP contribution in [0.5, 0.6) is 0 Å². The van der Waals surface area contributed by atoms with E-state index in [0.717, 1.165) is 45.4 Å². The maximum Gasteiger partial charge on any atom is 0.220 e. The minimum Gasteiger partial charge on any atom is -0.378 e. The van der Waals surface area contributed by atoms with Gasteiger partial charge >= 0.3 is 0 Å². The zero-order valence-corrected chi connectivity index (χ0v) is 9.55. The average molecular weight is 214 g/mol. The predicted octanol–water partition coefficient (Wildman–Crippen LogP) is 0.671. The largest absolute Gasteiger partial charge is 0.378 e. The maximum absolute atomic E-state index is 11.4. The lowest BCUT2D eigenvalue weighted by Gasteiger charge is -2.09. The molecule has 0 aliphatic carbocycles. The third-order valence-corrected chi connectivity index (χ3v) is 2.64. The van der Waals surface area contributed by atoms with Crippen molar-refractivity contribution in [2.24, 2.45) is 0 Å². The fourth-order valence-corrected chi connectivity index (χ4v) is 1.75. The summed E-state index contributed by atoms with van der Waals surface area (Å²) >= 11 is 0. The van der Waals surface area contributed by atoms with E-state index in [9.17, 15) is 4.79 Å². The second kappa shape index (κ2) is 7.65. The molecule has 88 valence electrons. The molecule has 4 heteroatoms. The molecule has 1 heterocycles. The second-order valence-corrected chi connectivity index (χ2v) is 3.98. The highest BCUT2D eigenvalue weighted by atomic mass is 16.5. The number of hydrogen-bond donors (Lipinski definition) is 2. The Hall–Kier alpha value is -0.610.